The second-order valence-corrected chi connectivity index (χ2v) is 6.51. The second-order valence-electron chi connectivity index (χ2n) is 5.48. The highest BCUT2D eigenvalue weighted by molar-refractivity contribution is 7.22. The molecule has 138 valence electrons. The number of fused-ring (bicyclic) bond motifs is 1. The van der Waals surface area contributed by atoms with Crippen molar-refractivity contribution < 1.29 is 19.2 Å². The predicted molar refractivity (Wildman–Crippen MR) is 102 cm³/mol. The van der Waals surface area contributed by atoms with Gasteiger partial charge in [0.25, 0.3) is 11.6 Å². The van der Waals surface area contributed by atoms with Gasteiger partial charge in [0, 0.05) is 24.7 Å². The second kappa shape index (κ2) is 7.38. The molecule has 3 rings (SSSR count). The van der Waals surface area contributed by atoms with Crippen LogP contribution in [0.2, 0.25) is 0 Å². The van der Waals surface area contributed by atoms with Crippen LogP contribution in [0.1, 0.15) is 17.3 Å². The molecule has 1 aromatic heterocycles. The zero-order chi connectivity index (χ0) is 19.6. The van der Waals surface area contributed by atoms with Gasteiger partial charge >= 0.3 is 0 Å². The maximum atomic E-state index is 12.6. The van der Waals surface area contributed by atoms with E-state index in [1.807, 2.05) is 0 Å². The minimum atomic E-state index is -0.586. The summed E-state index contributed by atoms with van der Waals surface area (Å²) in [4.78, 5) is 38.4. The number of hydrogen-bond donors (Lipinski definition) is 2. The van der Waals surface area contributed by atoms with Crippen LogP contribution in [-0.4, -0.2) is 28.8 Å². The van der Waals surface area contributed by atoms with E-state index in [4.69, 9.17) is 4.74 Å². The highest BCUT2D eigenvalue weighted by Crippen LogP contribution is 2.30. The molecule has 0 saturated heterocycles. The number of nitro benzene ring substituents is 1. The van der Waals surface area contributed by atoms with Crippen LogP contribution in [0.25, 0.3) is 10.2 Å². The number of anilines is 2. The minimum absolute atomic E-state index is 0.0323. The third-order valence-electron chi connectivity index (χ3n) is 3.57. The molecule has 1 heterocycles. The molecule has 0 bridgehead atoms. The molecular formula is C17H14N4O5S. The summed E-state index contributed by atoms with van der Waals surface area (Å²) in [6.07, 6.45) is 0. The van der Waals surface area contributed by atoms with Gasteiger partial charge in [-0.3, -0.25) is 25.0 Å². The molecule has 0 unspecified atom stereocenters. The lowest BCUT2D eigenvalue weighted by molar-refractivity contribution is -0.384. The van der Waals surface area contributed by atoms with Crippen molar-refractivity contribution in [3.05, 3.63) is 52.1 Å². The number of carbonyl (C=O) groups excluding carboxylic acids is 2. The Labute approximate surface area is 157 Å². The van der Waals surface area contributed by atoms with Gasteiger partial charge in [0.2, 0.25) is 5.91 Å². The fraction of sp³-hybridized carbons (Fsp3) is 0.118. The lowest BCUT2D eigenvalue weighted by atomic mass is 10.1. The molecule has 0 aliphatic rings. The fourth-order valence-corrected chi connectivity index (χ4v) is 3.31. The van der Waals surface area contributed by atoms with Gasteiger partial charge in [-0.25, -0.2) is 4.98 Å². The third kappa shape index (κ3) is 4.01. The van der Waals surface area contributed by atoms with E-state index < -0.39 is 10.8 Å². The first-order valence-electron chi connectivity index (χ1n) is 7.69. The van der Waals surface area contributed by atoms with Crippen molar-refractivity contribution >= 4 is 49.9 Å². The lowest BCUT2D eigenvalue weighted by Crippen LogP contribution is -2.13. The van der Waals surface area contributed by atoms with E-state index in [0.29, 0.717) is 16.3 Å². The van der Waals surface area contributed by atoms with E-state index in [9.17, 15) is 19.7 Å². The highest BCUT2D eigenvalue weighted by Gasteiger charge is 2.19. The summed E-state index contributed by atoms with van der Waals surface area (Å²) in [6, 6.07) is 8.95. The molecule has 9 nitrogen and oxygen atoms in total. The number of nitro groups is 1. The van der Waals surface area contributed by atoms with E-state index in [1.54, 1.807) is 18.2 Å². The Hall–Kier alpha value is -3.53. The molecule has 2 aromatic carbocycles. The summed E-state index contributed by atoms with van der Waals surface area (Å²) in [7, 11) is 1.37. The van der Waals surface area contributed by atoms with Crippen LogP contribution in [0, 0.1) is 10.1 Å². The normalized spacial score (nSPS) is 10.4. The van der Waals surface area contributed by atoms with Crippen LogP contribution in [0.15, 0.2) is 36.4 Å². The highest BCUT2D eigenvalue weighted by atomic mass is 32.1. The van der Waals surface area contributed by atoms with Crippen molar-refractivity contribution in [1.82, 2.24) is 4.98 Å². The van der Waals surface area contributed by atoms with E-state index >= 15 is 0 Å². The summed E-state index contributed by atoms with van der Waals surface area (Å²) >= 11 is 1.22. The zero-order valence-corrected chi connectivity index (χ0v) is 15.1. The van der Waals surface area contributed by atoms with Crippen molar-refractivity contribution in [1.29, 1.82) is 0 Å². The SMILES string of the molecule is COc1ccc([N+](=O)[O-])cc1C(=O)Nc1nc2ccc(NC(C)=O)cc2s1. The van der Waals surface area contributed by atoms with Crippen molar-refractivity contribution in [3.63, 3.8) is 0 Å². The Morgan fingerprint density at radius 3 is 2.63 bits per heavy atom. The lowest BCUT2D eigenvalue weighted by Gasteiger charge is -2.07. The van der Waals surface area contributed by atoms with Gasteiger partial charge in [0.05, 0.1) is 27.8 Å². The number of thiazole rings is 1. The average Bonchev–Trinajstić information content (AvgIpc) is 3.01. The van der Waals surface area contributed by atoms with Crippen LogP contribution in [0.5, 0.6) is 5.75 Å². The maximum Gasteiger partial charge on any atom is 0.270 e. The first kappa shape index (κ1) is 18.3. The Balaban J connectivity index is 1.88. The fourth-order valence-electron chi connectivity index (χ4n) is 2.41. The first-order chi connectivity index (χ1) is 12.9. The zero-order valence-electron chi connectivity index (χ0n) is 14.3. The van der Waals surface area contributed by atoms with E-state index in [1.165, 1.54) is 37.5 Å². The molecule has 0 fully saturated rings. The number of hydrogen-bond acceptors (Lipinski definition) is 7. The summed E-state index contributed by atoms with van der Waals surface area (Å²) in [5, 5.41) is 16.6. The first-order valence-corrected chi connectivity index (χ1v) is 8.51. The Bertz CT molecular complexity index is 1060. The van der Waals surface area contributed by atoms with Crippen LogP contribution >= 0.6 is 11.3 Å². The third-order valence-corrected chi connectivity index (χ3v) is 4.50. The number of nitrogens with one attached hydrogen (secondary N) is 2. The summed E-state index contributed by atoms with van der Waals surface area (Å²) in [6.45, 7) is 1.41. The van der Waals surface area contributed by atoms with Crippen molar-refractivity contribution in [2.24, 2.45) is 0 Å². The molecule has 0 atom stereocenters. The van der Waals surface area contributed by atoms with Crippen molar-refractivity contribution in [2.45, 2.75) is 6.92 Å². The van der Waals surface area contributed by atoms with Crippen molar-refractivity contribution in [2.75, 3.05) is 17.7 Å². The topological polar surface area (TPSA) is 123 Å². The van der Waals surface area contributed by atoms with Gasteiger partial charge in [-0.1, -0.05) is 11.3 Å². The number of rotatable bonds is 5. The van der Waals surface area contributed by atoms with Crippen LogP contribution < -0.4 is 15.4 Å². The van der Waals surface area contributed by atoms with Gasteiger partial charge < -0.3 is 10.1 Å². The minimum Gasteiger partial charge on any atom is -0.496 e. The quantitative estimate of drug-likeness (QED) is 0.511. The van der Waals surface area contributed by atoms with Gasteiger partial charge in [-0.15, -0.1) is 0 Å². The molecule has 0 spiro atoms. The molecule has 0 aliphatic carbocycles. The summed E-state index contributed by atoms with van der Waals surface area (Å²) < 4.78 is 5.88. The number of carbonyl (C=O) groups is 2. The van der Waals surface area contributed by atoms with Gasteiger partial charge in [0.1, 0.15) is 5.75 Å². The number of nitrogens with zero attached hydrogens (tertiary/aromatic N) is 2. The largest absolute Gasteiger partial charge is 0.496 e. The Morgan fingerprint density at radius 1 is 1.19 bits per heavy atom. The number of aromatic nitrogens is 1. The molecule has 0 saturated carbocycles. The smallest absolute Gasteiger partial charge is 0.270 e. The molecule has 2 N–H and O–H groups in total. The predicted octanol–water partition coefficient (Wildman–Crippen LogP) is 3.42. The summed E-state index contributed by atoms with van der Waals surface area (Å²) in [5.41, 5.74) is 1.09. The van der Waals surface area contributed by atoms with Gasteiger partial charge in [-0.2, -0.15) is 0 Å². The molecular weight excluding hydrogens is 372 g/mol. The maximum absolute atomic E-state index is 12.6. The molecule has 0 aliphatic heterocycles. The molecule has 0 radical (unpaired) electrons. The van der Waals surface area contributed by atoms with Crippen LogP contribution in [-0.2, 0) is 4.79 Å². The van der Waals surface area contributed by atoms with E-state index in [2.05, 4.69) is 15.6 Å². The number of ether oxygens (including phenoxy) is 1. The number of methoxy groups -OCH3 is 1. The molecule has 3 aromatic rings. The Kier molecular flexibility index (Phi) is 4.99. The molecule has 27 heavy (non-hydrogen) atoms. The number of amides is 2. The summed E-state index contributed by atoms with van der Waals surface area (Å²) in [5.74, 6) is -0.547. The Morgan fingerprint density at radius 2 is 1.96 bits per heavy atom. The van der Waals surface area contributed by atoms with Crippen LogP contribution in [0.3, 0.4) is 0 Å². The molecule has 2 amide bonds. The van der Waals surface area contributed by atoms with E-state index in [-0.39, 0.29) is 22.9 Å². The number of benzene rings is 2. The molecule has 10 heteroatoms. The van der Waals surface area contributed by atoms with E-state index in [0.717, 1.165) is 10.8 Å². The average molecular weight is 386 g/mol. The number of non-ortho nitro benzene ring substituents is 1. The van der Waals surface area contributed by atoms with Crippen LogP contribution in [0.4, 0.5) is 16.5 Å². The van der Waals surface area contributed by atoms with Crippen molar-refractivity contribution in [3.8, 4) is 5.75 Å². The van der Waals surface area contributed by atoms with Gasteiger partial charge in [-0.05, 0) is 24.3 Å². The monoisotopic (exact) mass is 386 g/mol. The van der Waals surface area contributed by atoms with Gasteiger partial charge in [0.15, 0.2) is 5.13 Å². The standard InChI is InChI=1S/C17H14N4O5S/c1-9(22)18-10-3-5-13-15(7-10)27-17(19-13)20-16(23)12-8-11(21(24)25)4-6-14(12)26-2/h3-8H,1-2H3,(H,18,22)(H,19,20,23).